The molecule has 3 rings (SSSR count). The first-order valence-corrected chi connectivity index (χ1v) is 8.73. The Balaban J connectivity index is 1.57. The van der Waals surface area contributed by atoms with E-state index in [1.54, 1.807) is 11.8 Å². The zero-order valence-electron chi connectivity index (χ0n) is 12.9. The Morgan fingerprint density at radius 2 is 2.09 bits per heavy atom. The van der Waals surface area contributed by atoms with Crippen LogP contribution < -0.4 is 10.6 Å². The number of aromatic nitrogens is 3. The molecule has 0 saturated carbocycles. The number of benzene rings is 1. The molecule has 0 radical (unpaired) electrons. The van der Waals surface area contributed by atoms with Crippen LogP contribution in [-0.2, 0) is 0 Å². The molecule has 0 amide bonds. The Morgan fingerprint density at radius 3 is 2.91 bits per heavy atom. The van der Waals surface area contributed by atoms with Gasteiger partial charge in [0.1, 0.15) is 0 Å². The van der Waals surface area contributed by atoms with Gasteiger partial charge in [0.2, 0.25) is 5.95 Å². The van der Waals surface area contributed by atoms with Gasteiger partial charge in [-0.3, -0.25) is 0 Å². The van der Waals surface area contributed by atoms with Crippen molar-refractivity contribution >= 4 is 33.4 Å². The third kappa shape index (κ3) is 4.76. The summed E-state index contributed by atoms with van der Waals surface area (Å²) in [5.41, 5.74) is 2.49. The second-order valence-electron chi connectivity index (χ2n) is 5.55. The maximum absolute atomic E-state index is 4.46. The van der Waals surface area contributed by atoms with Gasteiger partial charge in [-0.2, -0.15) is 10.1 Å². The smallest absolute Gasteiger partial charge is 0.244 e. The number of allylic oxidation sites excluding steroid dienone is 1. The van der Waals surface area contributed by atoms with Crippen LogP contribution in [0.3, 0.4) is 0 Å². The third-order valence-electron chi connectivity index (χ3n) is 3.81. The van der Waals surface area contributed by atoms with Crippen LogP contribution in [0, 0.1) is 0 Å². The van der Waals surface area contributed by atoms with E-state index in [2.05, 4.69) is 47.8 Å². The molecule has 1 heterocycles. The molecule has 0 bridgehead atoms. The van der Waals surface area contributed by atoms with Gasteiger partial charge in [-0.05, 0) is 60.2 Å². The summed E-state index contributed by atoms with van der Waals surface area (Å²) in [6.07, 6.45) is 10.1. The Hall–Kier alpha value is -1.95. The molecule has 0 saturated heterocycles. The predicted octanol–water partition coefficient (Wildman–Crippen LogP) is 4.68. The highest BCUT2D eigenvalue weighted by Gasteiger charge is 2.05. The molecular weight excluding hydrogens is 354 g/mol. The fourth-order valence-corrected chi connectivity index (χ4v) is 2.99. The fraction of sp³-hybridized carbons (Fsp3) is 0.353. The lowest BCUT2D eigenvalue weighted by Gasteiger charge is -2.13. The zero-order chi connectivity index (χ0) is 15.9. The van der Waals surface area contributed by atoms with Crippen molar-refractivity contribution in [3.63, 3.8) is 0 Å². The molecule has 1 aliphatic carbocycles. The number of nitrogens with one attached hydrogen (secondary N) is 2. The molecular formula is C17H20BrN5. The Morgan fingerprint density at radius 1 is 1.17 bits per heavy atom. The van der Waals surface area contributed by atoms with E-state index in [0.717, 1.165) is 23.1 Å². The molecule has 6 heteroatoms. The molecule has 23 heavy (non-hydrogen) atoms. The van der Waals surface area contributed by atoms with E-state index in [-0.39, 0.29) is 0 Å². The summed E-state index contributed by atoms with van der Waals surface area (Å²) in [6.45, 7) is 0.839. The number of rotatable bonds is 6. The normalized spacial score (nSPS) is 14.2. The molecule has 0 spiro atoms. The molecule has 2 aromatic rings. The summed E-state index contributed by atoms with van der Waals surface area (Å²) in [5, 5.41) is 14.5. The second-order valence-corrected chi connectivity index (χ2v) is 6.41. The van der Waals surface area contributed by atoms with Crippen molar-refractivity contribution < 1.29 is 0 Å². The van der Waals surface area contributed by atoms with Crippen molar-refractivity contribution in [2.75, 3.05) is 17.2 Å². The van der Waals surface area contributed by atoms with Crippen molar-refractivity contribution in [1.82, 2.24) is 15.2 Å². The van der Waals surface area contributed by atoms with E-state index in [0.29, 0.717) is 11.8 Å². The minimum Gasteiger partial charge on any atom is -0.353 e. The molecule has 0 unspecified atom stereocenters. The Bertz CT molecular complexity index is 686. The topological polar surface area (TPSA) is 62.7 Å². The predicted molar refractivity (Wildman–Crippen MR) is 96.9 cm³/mol. The van der Waals surface area contributed by atoms with Crippen molar-refractivity contribution in [2.24, 2.45) is 0 Å². The van der Waals surface area contributed by atoms with Crippen LogP contribution in [-0.4, -0.2) is 21.7 Å². The van der Waals surface area contributed by atoms with E-state index < -0.39 is 0 Å². The van der Waals surface area contributed by atoms with E-state index in [1.807, 2.05) is 24.3 Å². The highest BCUT2D eigenvalue weighted by molar-refractivity contribution is 9.10. The minimum atomic E-state index is 0.554. The summed E-state index contributed by atoms with van der Waals surface area (Å²) < 4.78 is 0.984. The zero-order valence-corrected chi connectivity index (χ0v) is 14.5. The third-order valence-corrected chi connectivity index (χ3v) is 4.50. The summed E-state index contributed by atoms with van der Waals surface area (Å²) in [6, 6.07) is 7.90. The van der Waals surface area contributed by atoms with Crippen molar-refractivity contribution in [3.05, 3.63) is 46.6 Å². The van der Waals surface area contributed by atoms with Crippen LogP contribution in [0.5, 0.6) is 0 Å². The quantitative estimate of drug-likeness (QED) is 0.719. The van der Waals surface area contributed by atoms with Gasteiger partial charge in [-0.15, -0.1) is 5.10 Å². The van der Waals surface area contributed by atoms with Crippen LogP contribution in [0.2, 0.25) is 0 Å². The van der Waals surface area contributed by atoms with E-state index in [9.17, 15) is 0 Å². The number of nitrogens with zero attached hydrogens (tertiary/aromatic N) is 3. The lowest BCUT2D eigenvalue weighted by Crippen LogP contribution is -2.09. The summed E-state index contributed by atoms with van der Waals surface area (Å²) >= 11 is 3.51. The van der Waals surface area contributed by atoms with Crippen LogP contribution >= 0.6 is 15.9 Å². The van der Waals surface area contributed by atoms with Crippen LogP contribution in [0.1, 0.15) is 32.1 Å². The van der Waals surface area contributed by atoms with Crippen molar-refractivity contribution in [2.45, 2.75) is 32.1 Å². The number of para-hydroxylation sites is 1. The molecule has 1 aromatic carbocycles. The maximum atomic E-state index is 4.46. The van der Waals surface area contributed by atoms with E-state index >= 15 is 0 Å². The molecule has 1 aliphatic rings. The Kier molecular flexibility index (Phi) is 5.58. The first kappa shape index (κ1) is 15.9. The van der Waals surface area contributed by atoms with Gasteiger partial charge >= 0.3 is 0 Å². The first-order chi connectivity index (χ1) is 11.3. The fourth-order valence-electron chi connectivity index (χ4n) is 2.61. The minimum absolute atomic E-state index is 0.554. The van der Waals surface area contributed by atoms with E-state index in [4.69, 9.17) is 0 Å². The van der Waals surface area contributed by atoms with Crippen molar-refractivity contribution in [3.8, 4) is 0 Å². The maximum Gasteiger partial charge on any atom is 0.244 e. The molecule has 0 atom stereocenters. The molecule has 0 fully saturated rings. The highest BCUT2D eigenvalue weighted by atomic mass is 79.9. The molecule has 0 aliphatic heterocycles. The van der Waals surface area contributed by atoms with Gasteiger partial charge < -0.3 is 10.6 Å². The van der Waals surface area contributed by atoms with Gasteiger partial charge in [-0.1, -0.05) is 23.8 Å². The standard InChI is InChI=1S/C17H20BrN5/c18-14-8-4-5-9-15(14)21-16-12-20-23-17(22-16)19-11-10-13-6-2-1-3-7-13/h4-6,8-9,12H,1-3,7,10-11H2,(H2,19,21,22,23). The van der Waals surface area contributed by atoms with Crippen LogP contribution in [0.4, 0.5) is 17.5 Å². The molecule has 5 nitrogen and oxygen atoms in total. The average molecular weight is 374 g/mol. The molecule has 1 aromatic heterocycles. The SMILES string of the molecule is Brc1ccccc1Nc1cnnc(NCCC2=CCCCC2)n1. The summed E-state index contributed by atoms with van der Waals surface area (Å²) in [5.74, 6) is 1.23. The molecule has 2 N–H and O–H groups in total. The number of halogens is 1. The summed E-state index contributed by atoms with van der Waals surface area (Å²) in [7, 11) is 0. The summed E-state index contributed by atoms with van der Waals surface area (Å²) in [4.78, 5) is 4.46. The van der Waals surface area contributed by atoms with Gasteiger partial charge in [0.05, 0.1) is 11.9 Å². The number of hydrogen-bond donors (Lipinski definition) is 2. The van der Waals surface area contributed by atoms with Crippen LogP contribution in [0.15, 0.2) is 46.6 Å². The van der Waals surface area contributed by atoms with Crippen LogP contribution in [0.25, 0.3) is 0 Å². The van der Waals surface area contributed by atoms with Gasteiger partial charge in [-0.25, -0.2) is 0 Å². The van der Waals surface area contributed by atoms with Gasteiger partial charge in [0.15, 0.2) is 5.82 Å². The van der Waals surface area contributed by atoms with E-state index in [1.165, 1.54) is 25.7 Å². The average Bonchev–Trinajstić information content (AvgIpc) is 2.58. The monoisotopic (exact) mass is 373 g/mol. The largest absolute Gasteiger partial charge is 0.353 e. The van der Waals surface area contributed by atoms with Gasteiger partial charge in [0, 0.05) is 11.0 Å². The van der Waals surface area contributed by atoms with Gasteiger partial charge in [0.25, 0.3) is 0 Å². The lowest BCUT2D eigenvalue weighted by molar-refractivity contribution is 0.679. The second kappa shape index (κ2) is 8.06. The number of hydrogen-bond acceptors (Lipinski definition) is 5. The molecule has 120 valence electrons. The first-order valence-electron chi connectivity index (χ1n) is 7.94. The highest BCUT2D eigenvalue weighted by Crippen LogP contribution is 2.24. The Labute approximate surface area is 144 Å². The van der Waals surface area contributed by atoms with Crippen molar-refractivity contribution in [1.29, 1.82) is 0 Å². The lowest BCUT2D eigenvalue weighted by atomic mass is 9.97. The number of anilines is 3.